The first-order chi connectivity index (χ1) is 13.2. The standard InChI is InChI=1S/C18H27N7O2/c1-13-16(11-20-25(13)15-7-9-27-10-8-15)21-18(26)22-17-19-12-24(23-17)14-5-3-2-4-6-14/h11-12,14-15H,2-10H2,1H3,(H2,21,22,23,26). The second-order valence-electron chi connectivity index (χ2n) is 7.35. The Kier molecular flexibility index (Phi) is 5.38. The van der Waals surface area contributed by atoms with E-state index in [0.29, 0.717) is 23.7 Å². The van der Waals surface area contributed by atoms with Gasteiger partial charge in [0.15, 0.2) is 0 Å². The molecule has 3 heterocycles. The maximum absolute atomic E-state index is 12.3. The van der Waals surface area contributed by atoms with E-state index < -0.39 is 0 Å². The summed E-state index contributed by atoms with van der Waals surface area (Å²) in [5.74, 6) is 0.326. The van der Waals surface area contributed by atoms with Crippen molar-refractivity contribution >= 4 is 17.7 Å². The number of carbonyl (C=O) groups excluding carboxylic acids is 1. The average molecular weight is 373 g/mol. The van der Waals surface area contributed by atoms with Crippen LogP contribution >= 0.6 is 0 Å². The van der Waals surface area contributed by atoms with Crippen LogP contribution in [0.3, 0.4) is 0 Å². The molecule has 2 N–H and O–H groups in total. The number of nitrogens with one attached hydrogen (secondary N) is 2. The first-order valence-electron chi connectivity index (χ1n) is 9.81. The fourth-order valence-corrected chi connectivity index (χ4v) is 3.95. The van der Waals surface area contributed by atoms with Crippen molar-refractivity contribution in [3.63, 3.8) is 0 Å². The molecule has 1 aliphatic heterocycles. The Bertz CT molecular complexity index is 773. The minimum absolute atomic E-state index is 0.324. The van der Waals surface area contributed by atoms with Crippen molar-refractivity contribution in [1.29, 1.82) is 0 Å². The fourth-order valence-electron chi connectivity index (χ4n) is 3.95. The molecule has 2 amide bonds. The van der Waals surface area contributed by atoms with Crippen LogP contribution in [0.5, 0.6) is 0 Å². The van der Waals surface area contributed by atoms with Gasteiger partial charge in [-0.2, -0.15) is 5.10 Å². The maximum atomic E-state index is 12.3. The summed E-state index contributed by atoms with van der Waals surface area (Å²) in [6.45, 7) is 3.47. The van der Waals surface area contributed by atoms with E-state index in [2.05, 4.69) is 25.8 Å². The molecule has 1 saturated carbocycles. The van der Waals surface area contributed by atoms with Crippen LogP contribution < -0.4 is 10.6 Å². The van der Waals surface area contributed by atoms with Crippen LogP contribution in [0, 0.1) is 6.92 Å². The summed E-state index contributed by atoms with van der Waals surface area (Å²) in [6.07, 6.45) is 11.3. The van der Waals surface area contributed by atoms with Gasteiger partial charge in [0, 0.05) is 13.2 Å². The van der Waals surface area contributed by atoms with Gasteiger partial charge in [-0.25, -0.2) is 14.5 Å². The first-order valence-corrected chi connectivity index (χ1v) is 9.81. The lowest BCUT2D eigenvalue weighted by Gasteiger charge is -2.23. The normalized spacial score (nSPS) is 19.1. The summed E-state index contributed by atoms with van der Waals surface area (Å²) in [6, 6.07) is 0.362. The molecule has 9 heteroatoms. The van der Waals surface area contributed by atoms with Crippen LogP contribution in [0.25, 0.3) is 0 Å². The fraction of sp³-hybridized carbons (Fsp3) is 0.667. The first kappa shape index (κ1) is 18.0. The SMILES string of the molecule is Cc1c(NC(=O)Nc2ncn(C3CCCCC3)n2)cnn1C1CCOCC1. The van der Waals surface area contributed by atoms with E-state index in [0.717, 1.165) is 44.6 Å². The van der Waals surface area contributed by atoms with Crippen molar-refractivity contribution in [3.05, 3.63) is 18.2 Å². The predicted molar refractivity (Wildman–Crippen MR) is 101 cm³/mol. The van der Waals surface area contributed by atoms with Crippen LogP contribution in [-0.2, 0) is 4.74 Å². The molecule has 2 fully saturated rings. The molecular weight excluding hydrogens is 346 g/mol. The maximum Gasteiger partial charge on any atom is 0.326 e. The number of hydrogen-bond acceptors (Lipinski definition) is 5. The van der Waals surface area contributed by atoms with Gasteiger partial charge in [0.25, 0.3) is 0 Å². The summed E-state index contributed by atoms with van der Waals surface area (Å²) in [4.78, 5) is 16.6. The van der Waals surface area contributed by atoms with Crippen molar-refractivity contribution in [2.75, 3.05) is 23.8 Å². The number of urea groups is 1. The van der Waals surface area contributed by atoms with Gasteiger partial charge in [-0.1, -0.05) is 19.3 Å². The minimum Gasteiger partial charge on any atom is -0.381 e. The van der Waals surface area contributed by atoms with Gasteiger partial charge in [-0.15, -0.1) is 5.10 Å². The van der Waals surface area contributed by atoms with Gasteiger partial charge in [-0.05, 0) is 32.6 Å². The summed E-state index contributed by atoms with van der Waals surface area (Å²) in [5.41, 5.74) is 1.64. The predicted octanol–water partition coefficient (Wildman–Crippen LogP) is 3.28. The van der Waals surface area contributed by atoms with E-state index in [1.165, 1.54) is 19.3 Å². The molecule has 2 aromatic rings. The van der Waals surface area contributed by atoms with Crippen LogP contribution in [0.1, 0.15) is 62.7 Å². The van der Waals surface area contributed by atoms with Gasteiger partial charge in [0.05, 0.1) is 29.7 Å². The summed E-state index contributed by atoms with van der Waals surface area (Å²) in [5, 5.41) is 14.4. The number of amides is 2. The molecular formula is C18H27N7O2. The van der Waals surface area contributed by atoms with Crippen LogP contribution in [0.2, 0.25) is 0 Å². The molecule has 0 radical (unpaired) electrons. The van der Waals surface area contributed by atoms with Crippen LogP contribution in [0.4, 0.5) is 16.4 Å². The van der Waals surface area contributed by atoms with E-state index in [-0.39, 0.29) is 6.03 Å². The largest absolute Gasteiger partial charge is 0.381 e. The molecule has 4 rings (SSSR count). The van der Waals surface area contributed by atoms with Crippen LogP contribution in [0.15, 0.2) is 12.5 Å². The monoisotopic (exact) mass is 373 g/mol. The van der Waals surface area contributed by atoms with Crippen molar-refractivity contribution < 1.29 is 9.53 Å². The molecule has 1 aliphatic carbocycles. The van der Waals surface area contributed by atoms with Crippen molar-refractivity contribution in [2.24, 2.45) is 0 Å². The van der Waals surface area contributed by atoms with Gasteiger partial charge >= 0.3 is 6.03 Å². The van der Waals surface area contributed by atoms with E-state index >= 15 is 0 Å². The topological polar surface area (TPSA) is 98.9 Å². The quantitative estimate of drug-likeness (QED) is 0.857. The zero-order valence-corrected chi connectivity index (χ0v) is 15.7. The lowest BCUT2D eigenvalue weighted by atomic mass is 9.96. The van der Waals surface area contributed by atoms with Crippen LogP contribution in [-0.4, -0.2) is 43.8 Å². The zero-order valence-electron chi connectivity index (χ0n) is 15.7. The number of nitrogens with zero attached hydrogens (tertiary/aromatic N) is 5. The number of carbonyl (C=O) groups is 1. The smallest absolute Gasteiger partial charge is 0.326 e. The Morgan fingerprint density at radius 2 is 1.89 bits per heavy atom. The molecule has 0 unspecified atom stereocenters. The average Bonchev–Trinajstić information content (AvgIpc) is 3.30. The van der Waals surface area contributed by atoms with E-state index in [1.807, 2.05) is 16.3 Å². The van der Waals surface area contributed by atoms with E-state index in [9.17, 15) is 4.79 Å². The van der Waals surface area contributed by atoms with E-state index in [1.54, 1.807) is 12.5 Å². The number of ether oxygens (including phenoxy) is 1. The third-order valence-electron chi connectivity index (χ3n) is 5.51. The highest BCUT2D eigenvalue weighted by atomic mass is 16.5. The van der Waals surface area contributed by atoms with Crippen molar-refractivity contribution in [2.45, 2.75) is 64.0 Å². The highest BCUT2D eigenvalue weighted by Crippen LogP contribution is 2.27. The Morgan fingerprint density at radius 1 is 1.11 bits per heavy atom. The van der Waals surface area contributed by atoms with Gasteiger partial charge < -0.3 is 10.1 Å². The third-order valence-corrected chi connectivity index (χ3v) is 5.51. The Labute approximate surface area is 158 Å². The minimum atomic E-state index is -0.356. The highest BCUT2D eigenvalue weighted by molar-refractivity contribution is 5.98. The van der Waals surface area contributed by atoms with Gasteiger partial charge in [0.2, 0.25) is 5.95 Å². The second kappa shape index (κ2) is 8.08. The Balaban J connectivity index is 1.35. The molecule has 27 heavy (non-hydrogen) atoms. The van der Waals surface area contributed by atoms with Crippen molar-refractivity contribution in [3.8, 4) is 0 Å². The molecule has 0 spiro atoms. The molecule has 2 aliphatic rings. The Hall–Kier alpha value is -2.42. The highest BCUT2D eigenvalue weighted by Gasteiger charge is 2.21. The number of anilines is 2. The Morgan fingerprint density at radius 3 is 2.67 bits per heavy atom. The third kappa shape index (κ3) is 4.13. The molecule has 9 nitrogen and oxygen atoms in total. The summed E-state index contributed by atoms with van der Waals surface area (Å²) < 4.78 is 9.27. The molecule has 1 saturated heterocycles. The number of rotatable bonds is 4. The molecule has 0 atom stereocenters. The number of aromatic nitrogens is 5. The lowest BCUT2D eigenvalue weighted by Crippen LogP contribution is -2.23. The molecule has 0 aromatic carbocycles. The summed E-state index contributed by atoms with van der Waals surface area (Å²) in [7, 11) is 0. The molecule has 146 valence electrons. The molecule has 2 aromatic heterocycles. The summed E-state index contributed by atoms with van der Waals surface area (Å²) >= 11 is 0. The van der Waals surface area contributed by atoms with E-state index in [4.69, 9.17) is 4.74 Å². The van der Waals surface area contributed by atoms with Crippen molar-refractivity contribution in [1.82, 2.24) is 24.5 Å². The van der Waals surface area contributed by atoms with Gasteiger partial charge in [0.1, 0.15) is 6.33 Å². The van der Waals surface area contributed by atoms with Gasteiger partial charge in [-0.3, -0.25) is 10.00 Å². The molecule has 0 bridgehead atoms. The number of hydrogen-bond donors (Lipinski definition) is 2. The zero-order chi connectivity index (χ0) is 18.6. The lowest BCUT2D eigenvalue weighted by molar-refractivity contribution is 0.0657. The second-order valence-corrected chi connectivity index (χ2v) is 7.35.